The number of thiophene rings is 1. The molecule has 0 aliphatic rings. The summed E-state index contributed by atoms with van der Waals surface area (Å²) in [6.45, 7) is 3.08. The number of nitrogens with zero attached hydrogens (tertiary/aromatic N) is 1. The first kappa shape index (κ1) is 21.3. The molecule has 0 bridgehead atoms. The minimum absolute atomic E-state index is 0.250. The maximum atomic E-state index is 12.4. The molecule has 0 spiro atoms. The number of benzene rings is 1. The second-order valence-electron chi connectivity index (χ2n) is 5.97. The van der Waals surface area contributed by atoms with Gasteiger partial charge in [0.15, 0.2) is 0 Å². The van der Waals surface area contributed by atoms with Gasteiger partial charge in [0.05, 0.1) is 17.0 Å². The van der Waals surface area contributed by atoms with Crippen molar-refractivity contribution in [2.45, 2.75) is 24.9 Å². The SMILES string of the molecule is CCOC(=O)c1c(N)sc(C(=O)NC)c1CN(C)Cc1ccc(SC)cc1. The third kappa shape index (κ3) is 5.24. The predicted octanol–water partition coefficient (Wildman–Crippen LogP) is 3.22. The van der Waals surface area contributed by atoms with E-state index < -0.39 is 5.97 Å². The second-order valence-corrected chi connectivity index (χ2v) is 7.90. The van der Waals surface area contributed by atoms with Crippen molar-refractivity contribution in [3.8, 4) is 0 Å². The number of nitrogen functional groups attached to an aromatic ring is 1. The number of ether oxygens (including phenoxy) is 1. The molecule has 0 aliphatic heterocycles. The van der Waals surface area contributed by atoms with Crippen LogP contribution in [0.3, 0.4) is 0 Å². The van der Waals surface area contributed by atoms with Gasteiger partial charge >= 0.3 is 5.97 Å². The maximum Gasteiger partial charge on any atom is 0.341 e. The molecule has 146 valence electrons. The van der Waals surface area contributed by atoms with Crippen LogP contribution in [0.5, 0.6) is 0 Å². The third-order valence-corrected chi connectivity index (χ3v) is 5.79. The van der Waals surface area contributed by atoms with Crippen molar-refractivity contribution in [2.24, 2.45) is 0 Å². The van der Waals surface area contributed by atoms with Crippen LogP contribution >= 0.6 is 23.1 Å². The Labute approximate surface area is 168 Å². The lowest BCUT2D eigenvalue weighted by molar-refractivity contribution is 0.0526. The fraction of sp³-hybridized carbons (Fsp3) is 0.368. The quantitative estimate of drug-likeness (QED) is 0.516. The third-order valence-electron chi connectivity index (χ3n) is 3.99. The molecular formula is C19H25N3O3S2. The first-order valence-electron chi connectivity index (χ1n) is 8.53. The van der Waals surface area contributed by atoms with Gasteiger partial charge in [0.2, 0.25) is 0 Å². The van der Waals surface area contributed by atoms with Crippen LogP contribution in [0.15, 0.2) is 29.2 Å². The van der Waals surface area contributed by atoms with Crippen LogP contribution in [0.1, 0.15) is 38.1 Å². The normalized spacial score (nSPS) is 10.9. The average Bonchev–Trinajstić information content (AvgIpc) is 2.97. The van der Waals surface area contributed by atoms with Gasteiger partial charge < -0.3 is 15.8 Å². The zero-order valence-corrected chi connectivity index (χ0v) is 17.6. The molecule has 0 saturated carbocycles. The van der Waals surface area contributed by atoms with E-state index in [1.54, 1.807) is 25.7 Å². The molecule has 1 aromatic carbocycles. The largest absolute Gasteiger partial charge is 0.462 e. The zero-order chi connectivity index (χ0) is 20.0. The highest BCUT2D eigenvalue weighted by molar-refractivity contribution is 7.98. The maximum absolute atomic E-state index is 12.4. The smallest absolute Gasteiger partial charge is 0.341 e. The van der Waals surface area contributed by atoms with Crippen molar-refractivity contribution >= 4 is 40.0 Å². The van der Waals surface area contributed by atoms with Crippen molar-refractivity contribution < 1.29 is 14.3 Å². The van der Waals surface area contributed by atoms with E-state index in [4.69, 9.17) is 10.5 Å². The van der Waals surface area contributed by atoms with Gasteiger partial charge in [-0.15, -0.1) is 23.1 Å². The molecule has 27 heavy (non-hydrogen) atoms. The summed E-state index contributed by atoms with van der Waals surface area (Å²) in [4.78, 5) is 28.3. The Morgan fingerprint density at radius 3 is 2.48 bits per heavy atom. The first-order valence-corrected chi connectivity index (χ1v) is 10.6. The van der Waals surface area contributed by atoms with Crippen LogP contribution in [-0.2, 0) is 17.8 Å². The second kappa shape index (κ2) is 9.77. The minimum Gasteiger partial charge on any atom is -0.462 e. The number of hydrogen-bond acceptors (Lipinski definition) is 7. The van der Waals surface area contributed by atoms with Gasteiger partial charge in [-0.25, -0.2) is 4.79 Å². The van der Waals surface area contributed by atoms with Crippen molar-refractivity contribution in [1.82, 2.24) is 10.2 Å². The number of amides is 1. The highest BCUT2D eigenvalue weighted by Crippen LogP contribution is 2.33. The van der Waals surface area contributed by atoms with Crippen LogP contribution in [0.4, 0.5) is 5.00 Å². The molecule has 2 rings (SSSR count). The Kier molecular flexibility index (Phi) is 7.70. The molecule has 1 heterocycles. The van der Waals surface area contributed by atoms with Gasteiger partial charge in [0, 0.05) is 30.6 Å². The van der Waals surface area contributed by atoms with Gasteiger partial charge in [-0.1, -0.05) is 12.1 Å². The molecule has 0 radical (unpaired) electrons. The van der Waals surface area contributed by atoms with E-state index >= 15 is 0 Å². The number of anilines is 1. The molecule has 1 amide bonds. The molecule has 2 aromatic rings. The average molecular weight is 408 g/mol. The summed E-state index contributed by atoms with van der Waals surface area (Å²) in [6, 6.07) is 8.32. The van der Waals surface area contributed by atoms with E-state index in [1.165, 1.54) is 4.90 Å². The van der Waals surface area contributed by atoms with Crippen LogP contribution in [0.25, 0.3) is 0 Å². The van der Waals surface area contributed by atoms with E-state index in [1.807, 2.05) is 18.2 Å². The number of rotatable bonds is 8. The first-order chi connectivity index (χ1) is 12.9. The minimum atomic E-state index is -0.492. The molecule has 0 fully saturated rings. The number of nitrogens with one attached hydrogen (secondary N) is 1. The van der Waals surface area contributed by atoms with Gasteiger partial charge in [-0.2, -0.15) is 0 Å². The Morgan fingerprint density at radius 1 is 1.26 bits per heavy atom. The molecule has 3 N–H and O–H groups in total. The molecule has 0 aliphatic carbocycles. The number of hydrogen-bond donors (Lipinski definition) is 2. The van der Waals surface area contributed by atoms with E-state index in [0.29, 0.717) is 34.1 Å². The fourth-order valence-electron chi connectivity index (χ4n) is 2.73. The summed E-state index contributed by atoms with van der Waals surface area (Å²) in [7, 11) is 3.50. The highest BCUT2D eigenvalue weighted by atomic mass is 32.2. The lowest BCUT2D eigenvalue weighted by atomic mass is 10.1. The van der Waals surface area contributed by atoms with Crippen molar-refractivity contribution in [3.63, 3.8) is 0 Å². The Bertz CT molecular complexity index is 803. The van der Waals surface area contributed by atoms with Crippen molar-refractivity contribution in [2.75, 3.05) is 32.7 Å². The number of nitrogens with two attached hydrogens (primary N) is 1. The summed E-state index contributed by atoms with van der Waals surface area (Å²) < 4.78 is 5.14. The Balaban J connectivity index is 2.28. The van der Waals surface area contributed by atoms with E-state index in [2.05, 4.69) is 29.6 Å². The molecule has 6 nitrogen and oxygen atoms in total. The Morgan fingerprint density at radius 2 is 1.93 bits per heavy atom. The van der Waals surface area contributed by atoms with Crippen molar-refractivity contribution in [1.29, 1.82) is 0 Å². The predicted molar refractivity (Wildman–Crippen MR) is 111 cm³/mol. The van der Waals surface area contributed by atoms with Gasteiger partial charge in [-0.05, 0) is 37.9 Å². The topological polar surface area (TPSA) is 84.7 Å². The van der Waals surface area contributed by atoms with Crippen molar-refractivity contribution in [3.05, 3.63) is 45.8 Å². The number of esters is 1. The Hall–Kier alpha value is -2.03. The number of carbonyl (C=O) groups is 2. The number of thioether (sulfide) groups is 1. The van der Waals surface area contributed by atoms with Gasteiger partial charge in [0.1, 0.15) is 5.00 Å². The standard InChI is InChI=1S/C19H25N3O3S2/c1-5-25-19(24)15-14(16(18(23)21-2)27-17(15)20)11-22(3)10-12-6-8-13(26-4)9-7-12/h6-9H,5,10-11,20H2,1-4H3,(H,21,23). The molecule has 8 heteroatoms. The van der Waals surface area contributed by atoms with Crippen LogP contribution < -0.4 is 11.1 Å². The van der Waals surface area contributed by atoms with Crippen LogP contribution in [0, 0.1) is 0 Å². The summed E-state index contributed by atoms with van der Waals surface area (Å²) in [6.07, 6.45) is 2.04. The monoisotopic (exact) mass is 407 g/mol. The van der Waals surface area contributed by atoms with Gasteiger partial charge in [-0.3, -0.25) is 9.69 Å². The van der Waals surface area contributed by atoms with E-state index in [0.717, 1.165) is 16.9 Å². The molecule has 0 atom stereocenters. The van der Waals surface area contributed by atoms with Crippen LogP contribution in [0.2, 0.25) is 0 Å². The van der Waals surface area contributed by atoms with E-state index in [-0.39, 0.29) is 12.5 Å². The molecule has 0 unspecified atom stereocenters. The lowest BCUT2D eigenvalue weighted by Crippen LogP contribution is -2.23. The number of carbonyl (C=O) groups excluding carboxylic acids is 2. The fourth-order valence-corrected chi connectivity index (χ4v) is 4.15. The molecule has 1 aromatic heterocycles. The highest BCUT2D eigenvalue weighted by Gasteiger charge is 2.27. The summed E-state index contributed by atoms with van der Waals surface area (Å²) in [5, 5.41) is 2.92. The molecule has 0 saturated heterocycles. The summed E-state index contributed by atoms with van der Waals surface area (Å²) in [5.41, 5.74) is 8.10. The summed E-state index contributed by atoms with van der Waals surface area (Å²) >= 11 is 2.81. The van der Waals surface area contributed by atoms with Gasteiger partial charge in [0.25, 0.3) is 5.91 Å². The van der Waals surface area contributed by atoms with E-state index in [9.17, 15) is 9.59 Å². The summed E-state index contributed by atoms with van der Waals surface area (Å²) in [5.74, 6) is -0.746. The van der Waals surface area contributed by atoms with Crippen LogP contribution in [-0.4, -0.2) is 43.7 Å². The lowest BCUT2D eigenvalue weighted by Gasteiger charge is -2.18. The zero-order valence-electron chi connectivity index (χ0n) is 16.0. The molecular weight excluding hydrogens is 382 g/mol.